The van der Waals surface area contributed by atoms with Crippen molar-refractivity contribution in [3.8, 4) is 0 Å². The van der Waals surface area contributed by atoms with Crippen LogP contribution in [0.5, 0.6) is 0 Å². The summed E-state index contributed by atoms with van der Waals surface area (Å²) in [5, 5.41) is 2.60. The standard InChI is InChI=1S/C12H16FN3O3S/c1-2-10-12(17)15-5-6-16(10)20(18,19)11-7-8(14)3-4-9(11)13/h3-4,7,10H,2,5-6,14H2,1H3,(H,15,17). The van der Waals surface area contributed by atoms with Gasteiger partial charge in [0.05, 0.1) is 0 Å². The summed E-state index contributed by atoms with van der Waals surface area (Å²) in [6.07, 6.45) is 0.314. The minimum absolute atomic E-state index is 0.112. The van der Waals surface area contributed by atoms with E-state index in [0.29, 0.717) is 6.42 Å². The van der Waals surface area contributed by atoms with Crippen LogP contribution in [0, 0.1) is 5.82 Å². The summed E-state index contributed by atoms with van der Waals surface area (Å²) < 4.78 is 39.9. The molecule has 2 rings (SSSR count). The molecular formula is C12H16FN3O3S. The van der Waals surface area contributed by atoms with Crippen molar-refractivity contribution < 1.29 is 17.6 Å². The first-order valence-electron chi connectivity index (χ1n) is 6.22. The van der Waals surface area contributed by atoms with Gasteiger partial charge in [-0.1, -0.05) is 6.92 Å². The zero-order chi connectivity index (χ0) is 14.9. The molecule has 6 nitrogen and oxygen atoms in total. The summed E-state index contributed by atoms with van der Waals surface area (Å²) in [5.74, 6) is -1.24. The first-order valence-corrected chi connectivity index (χ1v) is 7.66. The van der Waals surface area contributed by atoms with Crippen molar-refractivity contribution >= 4 is 21.6 Å². The number of halogens is 1. The monoisotopic (exact) mass is 301 g/mol. The minimum atomic E-state index is -4.09. The number of carbonyl (C=O) groups is 1. The van der Waals surface area contributed by atoms with Crippen molar-refractivity contribution in [2.45, 2.75) is 24.3 Å². The van der Waals surface area contributed by atoms with Crippen molar-refractivity contribution in [3.63, 3.8) is 0 Å². The third-order valence-electron chi connectivity index (χ3n) is 3.21. The Morgan fingerprint density at radius 2 is 2.20 bits per heavy atom. The lowest BCUT2D eigenvalue weighted by Gasteiger charge is -2.33. The van der Waals surface area contributed by atoms with Gasteiger partial charge in [-0.05, 0) is 24.6 Å². The van der Waals surface area contributed by atoms with Gasteiger partial charge in [-0.25, -0.2) is 12.8 Å². The Kier molecular flexibility index (Phi) is 3.96. The largest absolute Gasteiger partial charge is 0.399 e. The maximum Gasteiger partial charge on any atom is 0.246 e. The molecule has 0 saturated carbocycles. The number of piperazine rings is 1. The van der Waals surface area contributed by atoms with Crippen molar-refractivity contribution in [2.24, 2.45) is 0 Å². The Hall–Kier alpha value is -1.67. The van der Waals surface area contributed by atoms with Crippen LogP contribution in [-0.2, 0) is 14.8 Å². The van der Waals surface area contributed by atoms with E-state index in [9.17, 15) is 17.6 Å². The van der Waals surface area contributed by atoms with Crippen LogP contribution in [0.2, 0.25) is 0 Å². The highest BCUT2D eigenvalue weighted by Crippen LogP contribution is 2.25. The number of carbonyl (C=O) groups excluding carboxylic acids is 1. The maximum absolute atomic E-state index is 13.8. The van der Waals surface area contributed by atoms with Crippen LogP contribution < -0.4 is 11.1 Å². The van der Waals surface area contributed by atoms with Crippen LogP contribution in [0.25, 0.3) is 0 Å². The molecule has 0 radical (unpaired) electrons. The number of nitrogens with one attached hydrogen (secondary N) is 1. The summed E-state index contributed by atoms with van der Waals surface area (Å²) in [6, 6.07) is 2.54. The average Bonchev–Trinajstić information content (AvgIpc) is 2.41. The van der Waals surface area contributed by atoms with E-state index in [1.807, 2.05) is 0 Å². The van der Waals surface area contributed by atoms with E-state index in [0.717, 1.165) is 16.4 Å². The number of anilines is 1. The molecule has 3 N–H and O–H groups in total. The van der Waals surface area contributed by atoms with Gasteiger partial charge >= 0.3 is 0 Å². The average molecular weight is 301 g/mol. The van der Waals surface area contributed by atoms with Crippen LogP contribution in [-0.4, -0.2) is 37.8 Å². The summed E-state index contributed by atoms with van der Waals surface area (Å²) in [4.78, 5) is 11.2. The molecule has 0 spiro atoms. The summed E-state index contributed by atoms with van der Waals surface area (Å²) >= 11 is 0. The molecule has 8 heteroatoms. The molecule has 1 aromatic rings. The van der Waals surface area contributed by atoms with Crippen LogP contribution >= 0.6 is 0 Å². The van der Waals surface area contributed by atoms with Crippen molar-refractivity contribution in [1.29, 1.82) is 0 Å². The molecular weight excluding hydrogens is 285 g/mol. The van der Waals surface area contributed by atoms with E-state index in [-0.39, 0.29) is 24.7 Å². The first-order chi connectivity index (χ1) is 9.37. The Labute approximate surface area is 116 Å². The van der Waals surface area contributed by atoms with E-state index in [4.69, 9.17) is 5.73 Å². The minimum Gasteiger partial charge on any atom is -0.399 e. The third kappa shape index (κ3) is 2.48. The normalized spacial score (nSPS) is 20.7. The molecule has 0 bridgehead atoms. The van der Waals surface area contributed by atoms with E-state index in [1.165, 1.54) is 6.07 Å². The van der Waals surface area contributed by atoms with Crippen molar-refractivity contribution in [3.05, 3.63) is 24.0 Å². The highest BCUT2D eigenvalue weighted by Gasteiger charge is 2.38. The van der Waals surface area contributed by atoms with Crippen LogP contribution in [0.1, 0.15) is 13.3 Å². The fraction of sp³-hybridized carbons (Fsp3) is 0.417. The number of hydrogen-bond donors (Lipinski definition) is 2. The molecule has 0 aromatic heterocycles. The van der Waals surface area contributed by atoms with Gasteiger partial charge in [-0.3, -0.25) is 4.79 Å². The molecule has 1 heterocycles. The molecule has 1 fully saturated rings. The van der Waals surface area contributed by atoms with Gasteiger partial charge in [0.25, 0.3) is 0 Å². The fourth-order valence-corrected chi connectivity index (χ4v) is 3.98. The lowest BCUT2D eigenvalue weighted by molar-refractivity contribution is -0.126. The molecule has 1 aromatic carbocycles. The quantitative estimate of drug-likeness (QED) is 0.786. The second-order valence-electron chi connectivity index (χ2n) is 4.52. The number of sulfonamides is 1. The summed E-state index contributed by atoms with van der Waals surface area (Å²) in [6.45, 7) is 2.02. The van der Waals surface area contributed by atoms with Gasteiger partial charge in [0.15, 0.2) is 0 Å². The second kappa shape index (κ2) is 5.37. The molecule has 1 saturated heterocycles. The molecule has 110 valence electrons. The molecule has 1 amide bonds. The van der Waals surface area contributed by atoms with Gasteiger partial charge < -0.3 is 11.1 Å². The number of amides is 1. The van der Waals surface area contributed by atoms with Crippen LogP contribution in [0.3, 0.4) is 0 Å². The number of nitrogens with two attached hydrogens (primary N) is 1. The number of hydrogen-bond acceptors (Lipinski definition) is 4. The second-order valence-corrected chi connectivity index (χ2v) is 6.38. The van der Waals surface area contributed by atoms with Crippen LogP contribution in [0.15, 0.2) is 23.1 Å². The molecule has 20 heavy (non-hydrogen) atoms. The third-order valence-corrected chi connectivity index (χ3v) is 5.13. The Balaban J connectivity index is 2.48. The summed E-state index contributed by atoms with van der Waals surface area (Å²) in [5.41, 5.74) is 5.67. The van der Waals surface area contributed by atoms with Gasteiger partial charge in [-0.2, -0.15) is 4.31 Å². The van der Waals surface area contributed by atoms with E-state index < -0.39 is 26.8 Å². The SMILES string of the molecule is CCC1C(=O)NCCN1S(=O)(=O)c1cc(N)ccc1F. The fourth-order valence-electron chi connectivity index (χ4n) is 2.21. The number of nitrogens with zero attached hydrogens (tertiary/aromatic N) is 1. The lowest BCUT2D eigenvalue weighted by Crippen LogP contribution is -2.56. The zero-order valence-electron chi connectivity index (χ0n) is 11.0. The number of nitrogen functional groups attached to an aromatic ring is 1. The van der Waals surface area contributed by atoms with Gasteiger partial charge in [-0.15, -0.1) is 0 Å². The molecule has 1 atom stereocenters. The Morgan fingerprint density at radius 1 is 1.50 bits per heavy atom. The zero-order valence-corrected chi connectivity index (χ0v) is 11.8. The molecule has 0 aliphatic carbocycles. The van der Waals surface area contributed by atoms with Crippen LogP contribution in [0.4, 0.5) is 10.1 Å². The van der Waals surface area contributed by atoms with E-state index in [1.54, 1.807) is 6.92 Å². The number of rotatable bonds is 3. The van der Waals surface area contributed by atoms with Gasteiger partial charge in [0, 0.05) is 18.8 Å². The van der Waals surface area contributed by atoms with E-state index >= 15 is 0 Å². The highest BCUT2D eigenvalue weighted by atomic mass is 32.2. The Bertz CT molecular complexity index is 633. The van der Waals surface area contributed by atoms with Crippen molar-refractivity contribution in [1.82, 2.24) is 9.62 Å². The molecule has 1 aliphatic rings. The van der Waals surface area contributed by atoms with Gasteiger partial charge in [0.1, 0.15) is 16.8 Å². The van der Waals surface area contributed by atoms with E-state index in [2.05, 4.69) is 5.32 Å². The molecule has 1 aliphatic heterocycles. The predicted octanol–water partition coefficient (Wildman–Crippen LogP) is 0.307. The summed E-state index contributed by atoms with van der Waals surface area (Å²) in [7, 11) is -4.09. The predicted molar refractivity (Wildman–Crippen MR) is 71.8 cm³/mol. The molecule has 1 unspecified atom stereocenters. The Morgan fingerprint density at radius 3 is 2.85 bits per heavy atom. The number of benzene rings is 1. The lowest BCUT2D eigenvalue weighted by atomic mass is 10.2. The van der Waals surface area contributed by atoms with Crippen molar-refractivity contribution in [2.75, 3.05) is 18.8 Å². The topological polar surface area (TPSA) is 92.5 Å². The first kappa shape index (κ1) is 14.7. The van der Waals surface area contributed by atoms with Gasteiger partial charge in [0.2, 0.25) is 15.9 Å². The highest BCUT2D eigenvalue weighted by molar-refractivity contribution is 7.89. The maximum atomic E-state index is 13.8. The smallest absolute Gasteiger partial charge is 0.246 e.